The Morgan fingerprint density at radius 2 is 1.68 bits per heavy atom. The third kappa shape index (κ3) is 6.58. The first kappa shape index (κ1) is 28.4. The number of amides is 1. The van der Waals surface area contributed by atoms with E-state index in [9.17, 15) is 22.8 Å². The second kappa shape index (κ2) is 11.9. The lowest BCUT2D eigenvalue weighted by Crippen LogP contribution is -2.17. The number of benzene rings is 2. The maximum absolute atomic E-state index is 12.9. The van der Waals surface area contributed by atoms with Crippen molar-refractivity contribution in [2.24, 2.45) is 5.73 Å². The van der Waals surface area contributed by atoms with Gasteiger partial charge < -0.3 is 29.2 Å². The molecule has 0 aliphatic heterocycles. The van der Waals surface area contributed by atoms with Gasteiger partial charge >= 0.3 is 12.3 Å². The van der Waals surface area contributed by atoms with E-state index in [4.69, 9.17) is 19.9 Å². The number of carbonyl (C=O) groups excluding carboxylic acids is 2. The number of carbonyl (C=O) groups is 2. The van der Waals surface area contributed by atoms with Crippen molar-refractivity contribution in [3.8, 4) is 28.4 Å². The molecule has 1 heterocycles. The zero-order chi connectivity index (χ0) is 28.0. The fourth-order valence-corrected chi connectivity index (χ4v) is 4.42. The molecule has 204 valence electrons. The second-order valence-corrected chi connectivity index (χ2v) is 8.39. The molecule has 38 heavy (non-hydrogen) atoms. The van der Waals surface area contributed by atoms with Gasteiger partial charge in [0.2, 0.25) is 0 Å². The van der Waals surface area contributed by atoms with Crippen LogP contribution in [-0.2, 0) is 28.9 Å². The summed E-state index contributed by atoms with van der Waals surface area (Å²) >= 11 is 0. The summed E-state index contributed by atoms with van der Waals surface area (Å²) < 4.78 is 60.0. The summed E-state index contributed by atoms with van der Waals surface area (Å²) in [4.78, 5) is 24.6. The second-order valence-electron chi connectivity index (χ2n) is 8.39. The van der Waals surface area contributed by atoms with E-state index in [2.05, 4.69) is 4.74 Å². The van der Waals surface area contributed by atoms with E-state index in [1.165, 1.54) is 33.5 Å². The lowest BCUT2D eigenvalue weighted by molar-refractivity contribution is -0.274. The average molecular weight is 535 g/mol. The lowest BCUT2D eigenvalue weighted by atomic mass is 9.97. The van der Waals surface area contributed by atoms with Gasteiger partial charge in [-0.2, -0.15) is 0 Å². The lowest BCUT2D eigenvalue weighted by Gasteiger charge is -2.15. The van der Waals surface area contributed by atoms with Crippen molar-refractivity contribution in [1.29, 1.82) is 0 Å². The molecule has 3 rings (SSSR count). The average Bonchev–Trinajstić information content (AvgIpc) is 3.16. The number of methoxy groups -OCH3 is 3. The molecule has 11 heteroatoms. The standard InChI is InChI=1S/C27H29F3N2O6/c1-16-24(26(31)34)25(18-6-5-7-19(15-18)38-27(28,29)30)20(9-11-23(33)37-4)32(16)13-12-17-8-10-21(35-2)22(14-17)36-3/h5-8,10,14-15H,9,11-13H2,1-4H3,(H2,31,34). The molecule has 3 aromatic rings. The number of rotatable bonds is 11. The molecule has 1 aromatic heterocycles. The Bertz CT molecular complexity index is 1320. The highest BCUT2D eigenvalue weighted by Crippen LogP contribution is 2.37. The molecule has 0 spiro atoms. The normalized spacial score (nSPS) is 11.2. The van der Waals surface area contributed by atoms with E-state index in [1.807, 2.05) is 16.7 Å². The van der Waals surface area contributed by atoms with Gasteiger partial charge in [-0.1, -0.05) is 18.2 Å². The highest BCUT2D eigenvalue weighted by Gasteiger charge is 2.32. The minimum Gasteiger partial charge on any atom is -0.493 e. The number of aryl methyl sites for hydroxylation is 1. The molecule has 0 fully saturated rings. The van der Waals surface area contributed by atoms with Crippen LogP contribution in [-0.4, -0.2) is 44.1 Å². The van der Waals surface area contributed by atoms with Gasteiger partial charge in [0, 0.05) is 23.5 Å². The molecule has 8 nitrogen and oxygen atoms in total. The topological polar surface area (TPSA) is 102 Å². The van der Waals surface area contributed by atoms with Gasteiger partial charge in [0.15, 0.2) is 11.5 Å². The molecule has 0 atom stereocenters. The van der Waals surface area contributed by atoms with Crippen LogP contribution < -0.4 is 19.9 Å². The fraction of sp³-hybridized carbons (Fsp3) is 0.333. The third-order valence-corrected chi connectivity index (χ3v) is 6.10. The zero-order valence-electron chi connectivity index (χ0n) is 21.5. The van der Waals surface area contributed by atoms with Gasteiger partial charge in [-0.25, -0.2) is 0 Å². The quantitative estimate of drug-likeness (QED) is 0.354. The van der Waals surface area contributed by atoms with Crippen LogP contribution in [0.2, 0.25) is 0 Å². The van der Waals surface area contributed by atoms with E-state index in [-0.39, 0.29) is 18.4 Å². The molecule has 0 saturated carbocycles. The van der Waals surface area contributed by atoms with E-state index < -0.39 is 24.0 Å². The number of nitrogens with zero attached hydrogens (tertiary/aromatic N) is 1. The predicted octanol–water partition coefficient (Wildman–Crippen LogP) is 4.83. The maximum atomic E-state index is 12.9. The number of aromatic nitrogens is 1. The molecule has 0 radical (unpaired) electrons. The maximum Gasteiger partial charge on any atom is 0.573 e. The van der Waals surface area contributed by atoms with E-state index >= 15 is 0 Å². The van der Waals surface area contributed by atoms with Crippen LogP contribution in [0.25, 0.3) is 11.1 Å². The number of hydrogen-bond acceptors (Lipinski definition) is 6. The zero-order valence-corrected chi connectivity index (χ0v) is 21.5. The number of primary amides is 1. The highest BCUT2D eigenvalue weighted by molar-refractivity contribution is 6.02. The molecule has 0 bridgehead atoms. The van der Waals surface area contributed by atoms with Crippen LogP contribution in [0.1, 0.15) is 33.7 Å². The van der Waals surface area contributed by atoms with Gasteiger partial charge in [0.1, 0.15) is 5.75 Å². The summed E-state index contributed by atoms with van der Waals surface area (Å²) in [6.45, 7) is 2.09. The van der Waals surface area contributed by atoms with Gasteiger partial charge in [0.25, 0.3) is 5.91 Å². The first-order chi connectivity index (χ1) is 18.0. The number of hydrogen-bond donors (Lipinski definition) is 1. The number of halogens is 3. The molecule has 0 unspecified atom stereocenters. The molecule has 0 aliphatic carbocycles. The number of ether oxygens (including phenoxy) is 4. The Morgan fingerprint density at radius 3 is 2.29 bits per heavy atom. The number of esters is 1. The van der Waals surface area contributed by atoms with Crippen LogP contribution in [0, 0.1) is 6.92 Å². The molecular formula is C27H29F3N2O6. The molecule has 0 aliphatic rings. The number of alkyl halides is 3. The Balaban J connectivity index is 2.12. The highest BCUT2D eigenvalue weighted by atomic mass is 19.4. The molecule has 1 amide bonds. The largest absolute Gasteiger partial charge is 0.573 e. The SMILES string of the molecule is COC(=O)CCc1c(-c2cccc(OC(F)(F)F)c2)c(C(N)=O)c(C)n1CCc1ccc(OC)c(OC)c1. The smallest absolute Gasteiger partial charge is 0.493 e. The van der Waals surface area contributed by atoms with Gasteiger partial charge in [-0.3, -0.25) is 9.59 Å². The summed E-state index contributed by atoms with van der Waals surface area (Å²) in [6, 6.07) is 10.8. The summed E-state index contributed by atoms with van der Waals surface area (Å²) in [5.41, 5.74) is 8.55. The monoisotopic (exact) mass is 534 g/mol. The van der Waals surface area contributed by atoms with Crippen molar-refractivity contribution >= 4 is 11.9 Å². The van der Waals surface area contributed by atoms with Crippen molar-refractivity contribution in [3.05, 3.63) is 65.0 Å². The van der Waals surface area contributed by atoms with Crippen LogP contribution in [0.15, 0.2) is 42.5 Å². The van der Waals surface area contributed by atoms with E-state index in [0.29, 0.717) is 47.0 Å². The Morgan fingerprint density at radius 1 is 0.974 bits per heavy atom. The minimum absolute atomic E-state index is 0.0136. The predicted molar refractivity (Wildman–Crippen MR) is 133 cm³/mol. The summed E-state index contributed by atoms with van der Waals surface area (Å²) in [6.07, 6.45) is -4.23. The summed E-state index contributed by atoms with van der Waals surface area (Å²) in [5, 5.41) is 0. The van der Waals surface area contributed by atoms with Crippen molar-refractivity contribution < 1.29 is 41.7 Å². The first-order valence-electron chi connectivity index (χ1n) is 11.6. The van der Waals surface area contributed by atoms with Crippen molar-refractivity contribution in [3.63, 3.8) is 0 Å². The fourth-order valence-electron chi connectivity index (χ4n) is 4.42. The molecule has 0 saturated heterocycles. The molecule has 2 aromatic carbocycles. The van der Waals surface area contributed by atoms with E-state index in [1.54, 1.807) is 19.1 Å². The molecular weight excluding hydrogens is 505 g/mol. The van der Waals surface area contributed by atoms with Crippen molar-refractivity contribution in [2.75, 3.05) is 21.3 Å². The summed E-state index contributed by atoms with van der Waals surface area (Å²) in [7, 11) is 4.33. The van der Waals surface area contributed by atoms with Gasteiger partial charge in [0.05, 0.1) is 33.3 Å². The molecule has 2 N–H and O–H groups in total. The van der Waals surface area contributed by atoms with Crippen molar-refractivity contribution in [2.45, 2.75) is 39.1 Å². The Hall–Kier alpha value is -4.15. The van der Waals surface area contributed by atoms with E-state index in [0.717, 1.165) is 11.6 Å². The van der Waals surface area contributed by atoms with Gasteiger partial charge in [-0.15, -0.1) is 13.2 Å². The van der Waals surface area contributed by atoms with Crippen LogP contribution in [0.3, 0.4) is 0 Å². The Kier molecular flexibility index (Phi) is 8.92. The van der Waals surface area contributed by atoms with Gasteiger partial charge in [-0.05, 0) is 55.2 Å². The third-order valence-electron chi connectivity index (χ3n) is 6.10. The van der Waals surface area contributed by atoms with Crippen LogP contribution in [0.4, 0.5) is 13.2 Å². The summed E-state index contributed by atoms with van der Waals surface area (Å²) in [5.74, 6) is -0.536. The van der Waals surface area contributed by atoms with Crippen LogP contribution >= 0.6 is 0 Å². The number of nitrogens with two attached hydrogens (primary N) is 1. The van der Waals surface area contributed by atoms with Crippen LogP contribution in [0.5, 0.6) is 17.2 Å². The Labute approximate surface area is 218 Å². The first-order valence-corrected chi connectivity index (χ1v) is 11.6. The van der Waals surface area contributed by atoms with Crippen molar-refractivity contribution in [1.82, 2.24) is 4.57 Å². The minimum atomic E-state index is -4.89.